The van der Waals surface area contributed by atoms with E-state index in [4.69, 9.17) is 0 Å². The van der Waals surface area contributed by atoms with E-state index in [2.05, 4.69) is 26.5 Å². The molecule has 1 fully saturated rings. The molecule has 3 aromatic carbocycles. The fourth-order valence-corrected chi connectivity index (χ4v) is 4.81. The van der Waals surface area contributed by atoms with Crippen molar-refractivity contribution >= 4 is 23.2 Å². The van der Waals surface area contributed by atoms with Crippen LogP contribution in [0.1, 0.15) is 33.9 Å². The second kappa shape index (κ2) is 11.5. The lowest BCUT2D eigenvalue weighted by atomic mass is 10.0. The van der Waals surface area contributed by atoms with Crippen molar-refractivity contribution in [2.24, 2.45) is 0 Å². The van der Waals surface area contributed by atoms with Gasteiger partial charge in [0.25, 0.3) is 0 Å². The van der Waals surface area contributed by atoms with Crippen LogP contribution in [0.25, 0.3) is 0 Å². The first-order valence-corrected chi connectivity index (χ1v) is 12.6. The molecular weight excluding hydrogens is 448 g/mol. The van der Waals surface area contributed by atoms with Gasteiger partial charge in [-0.3, -0.25) is 19.4 Å². The molecule has 6 heteroatoms. The summed E-state index contributed by atoms with van der Waals surface area (Å²) in [6.07, 6.45) is 0. The summed E-state index contributed by atoms with van der Waals surface area (Å²) < 4.78 is 0. The van der Waals surface area contributed by atoms with Gasteiger partial charge >= 0.3 is 0 Å². The maximum atomic E-state index is 13.6. The zero-order chi connectivity index (χ0) is 25.7. The van der Waals surface area contributed by atoms with Gasteiger partial charge in [0.2, 0.25) is 11.8 Å². The summed E-state index contributed by atoms with van der Waals surface area (Å²) in [5, 5.41) is 6.25. The number of amides is 2. The van der Waals surface area contributed by atoms with Gasteiger partial charge in [-0.05, 0) is 61.6 Å². The van der Waals surface area contributed by atoms with Gasteiger partial charge in [0, 0.05) is 37.6 Å². The van der Waals surface area contributed by atoms with Gasteiger partial charge in [-0.2, -0.15) is 0 Å². The van der Waals surface area contributed by atoms with Crippen LogP contribution in [0.3, 0.4) is 0 Å². The number of piperazine rings is 1. The van der Waals surface area contributed by atoms with Crippen LogP contribution in [-0.4, -0.2) is 54.3 Å². The van der Waals surface area contributed by atoms with Gasteiger partial charge in [0.15, 0.2) is 0 Å². The Morgan fingerprint density at radius 1 is 0.778 bits per heavy atom. The van der Waals surface area contributed by atoms with E-state index >= 15 is 0 Å². The minimum atomic E-state index is -0.392. The van der Waals surface area contributed by atoms with Crippen molar-refractivity contribution in [3.8, 4) is 0 Å². The fraction of sp³-hybridized carbons (Fsp3) is 0.333. The lowest BCUT2D eigenvalue weighted by Crippen LogP contribution is -2.51. The molecular formula is C30H36N4O2. The molecule has 1 atom stereocenters. The Hall–Kier alpha value is -3.48. The number of nitrogens with zero attached hydrogens (tertiary/aromatic N) is 2. The topological polar surface area (TPSA) is 64.7 Å². The summed E-state index contributed by atoms with van der Waals surface area (Å²) in [5.41, 5.74) is 7.00. The van der Waals surface area contributed by atoms with Gasteiger partial charge in [0.05, 0.1) is 6.54 Å². The average Bonchev–Trinajstić information content (AvgIpc) is 2.86. The first kappa shape index (κ1) is 25.6. The molecule has 2 N–H and O–H groups in total. The first-order valence-electron chi connectivity index (χ1n) is 12.6. The Balaban J connectivity index is 1.42. The number of carbonyl (C=O) groups is 2. The van der Waals surface area contributed by atoms with E-state index in [0.29, 0.717) is 19.6 Å². The highest BCUT2D eigenvalue weighted by Gasteiger charge is 2.31. The lowest BCUT2D eigenvalue weighted by molar-refractivity contribution is -0.123. The van der Waals surface area contributed by atoms with Crippen LogP contribution in [0.4, 0.5) is 11.4 Å². The van der Waals surface area contributed by atoms with E-state index in [0.717, 1.165) is 52.3 Å². The second-order valence-corrected chi connectivity index (χ2v) is 9.75. The number of para-hydroxylation sites is 1. The molecule has 0 aliphatic carbocycles. The summed E-state index contributed by atoms with van der Waals surface area (Å²) >= 11 is 0. The summed E-state index contributed by atoms with van der Waals surface area (Å²) in [7, 11) is 0. The Morgan fingerprint density at radius 3 is 2.11 bits per heavy atom. The highest BCUT2D eigenvalue weighted by atomic mass is 16.2. The SMILES string of the molecule is Cc1ccc(C)c(NC(=O)C(c2ccccc2)N2CCN(CC(=O)Nc3c(C)cccc3C)CC2)c1. The predicted molar refractivity (Wildman–Crippen MR) is 146 cm³/mol. The molecule has 1 heterocycles. The van der Waals surface area contributed by atoms with E-state index in [1.165, 1.54) is 0 Å². The van der Waals surface area contributed by atoms with Crippen molar-refractivity contribution in [2.75, 3.05) is 43.4 Å². The maximum Gasteiger partial charge on any atom is 0.246 e. The van der Waals surface area contributed by atoms with Crippen molar-refractivity contribution in [1.29, 1.82) is 0 Å². The molecule has 0 aromatic heterocycles. The van der Waals surface area contributed by atoms with Crippen molar-refractivity contribution in [3.63, 3.8) is 0 Å². The number of benzene rings is 3. The van der Waals surface area contributed by atoms with E-state index in [1.807, 2.05) is 88.4 Å². The van der Waals surface area contributed by atoms with Crippen LogP contribution in [-0.2, 0) is 9.59 Å². The molecule has 1 saturated heterocycles. The summed E-state index contributed by atoms with van der Waals surface area (Å²) in [6, 6.07) is 21.7. The largest absolute Gasteiger partial charge is 0.324 e. The van der Waals surface area contributed by atoms with Crippen LogP contribution < -0.4 is 10.6 Å². The monoisotopic (exact) mass is 484 g/mol. The van der Waals surface area contributed by atoms with Crippen molar-refractivity contribution in [3.05, 3.63) is 94.5 Å². The molecule has 0 bridgehead atoms. The highest BCUT2D eigenvalue weighted by Crippen LogP contribution is 2.26. The molecule has 3 aromatic rings. The summed E-state index contributed by atoms with van der Waals surface area (Å²) in [6.45, 7) is 11.2. The predicted octanol–water partition coefficient (Wildman–Crippen LogP) is 4.86. The summed E-state index contributed by atoms with van der Waals surface area (Å²) in [5.74, 6) is -0.0377. The van der Waals surface area contributed by atoms with Gasteiger partial charge in [-0.15, -0.1) is 0 Å². The minimum absolute atomic E-state index is 0.00637. The van der Waals surface area contributed by atoms with Gasteiger partial charge in [0.1, 0.15) is 6.04 Å². The Morgan fingerprint density at radius 2 is 1.44 bits per heavy atom. The normalized spacial score (nSPS) is 15.3. The number of nitrogens with one attached hydrogen (secondary N) is 2. The molecule has 0 radical (unpaired) electrons. The van der Waals surface area contributed by atoms with E-state index in [9.17, 15) is 9.59 Å². The second-order valence-electron chi connectivity index (χ2n) is 9.75. The lowest BCUT2D eigenvalue weighted by Gasteiger charge is -2.38. The molecule has 1 aliphatic rings. The third-order valence-electron chi connectivity index (χ3n) is 6.90. The van der Waals surface area contributed by atoms with E-state index in [1.54, 1.807) is 0 Å². The zero-order valence-corrected chi connectivity index (χ0v) is 21.7. The van der Waals surface area contributed by atoms with Gasteiger partial charge in [-0.25, -0.2) is 0 Å². The van der Waals surface area contributed by atoms with Crippen molar-refractivity contribution in [2.45, 2.75) is 33.7 Å². The van der Waals surface area contributed by atoms with Crippen LogP contribution in [0.5, 0.6) is 0 Å². The van der Waals surface area contributed by atoms with Crippen LogP contribution >= 0.6 is 0 Å². The molecule has 4 rings (SSSR count). The van der Waals surface area contributed by atoms with E-state index in [-0.39, 0.29) is 11.8 Å². The number of carbonyl (C=O) groups excluding carboxylic acids is 2. The van der Waals surface area contributed by atoms with Gasteiger partial charge < -0.3 is 10.6 Å². The van der Waals surface area contributed by atoms with Crippen molar-refractivity contribution < 1.29 is 9.59 Å². The number of rotatable bonds is 7. The molecule has 36 heavy (non-hydrogen) atoms. The Labute approximate surface area is 214 Å². The number of hydrogen-bond donors (Lipinski definition) is 2. The number of aryl methyl sites for hydroxylation is 4. The Kier molecular flexibility index (Phi) is 8.18. The number of anilines is 2. The molecule has 6 nitrogen and oxygen atoms in total. The Bertz CT molecular complexity index is 1200. The molecule has 0 saturated carbocycles. The third kappa shape index (κ3) is 6.20. The summed E-state index contributed by atoms with van der Waals surface area (Å²) in [4.78, 5) is 30.7. The quantitative estimate of drug-likeness (QED) is 0.503. The van der Waals surface area contributed by atoms with Crippen LogP contribution in [0.15, 0.2) is 66.7 Å². The molecule has 1 aliphatic heterocycles. The molecule has 188 valence electrons. The molecule has 0 spiro atoms. The highest BCUT2D eigenvalue weighted by molar-refractivity contribution is 5.96. The van der Waals surface area contributed by atoms with Crippen LogP contribution in [0, 0.1) is 27.7 Å². The fourth-order valence-electron chi connectivity index (χ4n) is 4.81. The molecule has 2 amide bonds. The van der Waals surface area contributed by atoms with Crippen molar-refractivity contribution in [1.82, 2.24) is 9.80 Å². The standard InChI is InChI=1S/C30H36N4O2/c1-21-13-14-22(2)26(19-21)31-30(36)29(25-11-6-5-7-12-25)34-17-15-33(16-18-34)20-27(35)32-28-23(3)9-8-10-24(28)4/h5-14,19,29H,15-18,20H2,1-4H3,(H,31,36)(H,32,35). The average molecular weight is 485 g/mol. The first-order chi connectivity index (χ1) is 17.3. The zero-order valence-electron chi connectivity index (χ0n) is 21.7. The third-order valence-corrected chi connectivity index (χ3v) is 6.90. The minimum Gasteiger partial charge on any atom is -0.324 e. The smallest absolute Gasteiger partial charge is 0.246 e. The van der Waals surface area contributed by atoms with E-state index < -0.39 is 6.04 Å². The maximum absolute atomic E-state index is 13.6. The van der Waals surface area contributed by atoms with Gasteiger partial charge in [-0.1, -0.05) is 60.7 Å². The van der Waals surface area contributed by atoms with Crippen LogP contribution in [0.2, 0.25) is 0 Å². The number of hydrogen-bond acceptors (Lipinski definition) is 4. The molecule has 1 unspecified atom stereocenters.